The highest BCUT2D eigenvalue weighted by atomic mass is 35.5. The van der Waals surface area contributed by atoms with Crippen LogP contribution in [-0.2, 0) is 4.74 Å². The molecule has 5 aromatic rings. The van der Waals surface area contributed by atoms with Crippen LogP contribution in [0.2, 0.25) is 5.02 Å². The lowest BCUT2D eigenvalue weighted by atomic mass is 9.98. The van der Waals surface area contributed by atoms with E-state index in [1.807, 2.05) is 60.7 Å². The minimum Gasteiger partial charge on any atom is -0.465 e. The van der Waals surface area contributed by atoms with E-state index in [1.165, 1.54) is 13.3 Å². The maximum atomic E-state index is 12.2. The van der Waals surface area contributed by atoms with Gasteiger partial charge in [-0.3, -0.25) is 0 Å². The summed E-state index contributed by atoms with van der Waals surface area (Å²) in [5.41, 5.74) is 3.48. The second kappa shape index (κ2) is 10.4. The molecular formula is C30H19ClN2O4. The first kappa shape index (κ1) is 23.9. The van der Waals surface area contributed by atoms with Gasteiger partial charge in [0, 0.05) is 21.7 Å². The fraction of sp³-hybridized carbons (Fsp3) is 0.0333. The predicted molar refractivity (Wildman–Crippen MR) is 142 cm³/mol. The third kappa shape index (κ3) is 4.81. The lowest BCUT2D eigenvalue weighted by Gasteiger charge is -2.06. The van der Waals surface area contributed by atoms with Gasteiger partial charge in [-0.15, -0.1) is 0 Å². The summed E-state index contributed by atoms with van der Waals surface area (Å²) >= 11 is 6.15. The quantitative estimate of drug-likeness (QED) is 0.172. The molecule has 0 N–H and O–H groups in total. The number of halogens is 1. The maximum absolute atomic E-state index is 12.2. The van der Waals surface area contributed by atoms with Crippen LogP contribution in [0, 0.1) is 11.3 Å². The molecule has 0 saturated heterocycles. The Balaban J connectivity index is 1.55. The van der Waals surface area contributed by atoms with Gasteiger partial charge < -0.3 is 13.6 Å². The van der Waals surface area contributed by atoms with Crippen LogP contribution in [0.25, 0.3) is 33.8 Å². The van der Waals surface area contributed by atoms with Crippen LogP contribution < -0.4 is 0 Å². The average molecular weight is 507 g/mol. The van der Waals surface area contributed by atoms with Gasteiger partial charge in [-0.1, -0.05) is 72.3 Å². The zero-order valence-corrected chi connectivity index (χ0v) is 20.4. The molecule has 0 aliphatic rings. The molecular weight excluding hydrogens is 488 g/mol. The average Bonchev–Trinajstić information content (AvgIpc) is 3.57. The summed E-state index contributed by atoms with van der Waals surface area (Å²) in [5.74, 6) is 1.02. The van der Waals surface area contributed by atoms with Gasteiger partial charge in [-0.2, -0.15) is 5.26 Å². The predicted octanol–water partition coefficient (Wildman–Crippen LogP) is 7.94. The maximum Gasteiger partial charge on any atom is 0.338 e. The van der Waals surface area contributed by atoms with E-state index in [0.717, 1.165) is 11.1 Å². The highest BCUT2D eigenvalue weighted by Gasteiger charge is 2.23. The molecule has 0 atom stereocenters. The molecule has 37 heavy (non-hydrogen) atoms. The van der Waals surface area contributed by atoms with Crippen molar-refractivity contribution >= 4 is 29.7 Å². The van der Waals surface area contributed by atoms with Crippen molar-refractivity contribution in [2.75, 3.05) is 7.11 Å². The first-order valence-corrected chi connectivity index (χ1v) is 11.7. The molecule has 0 radical (unpaired) electrons. The Hall–Kier alpha value is -4.86. The van der Waals surface area contributed by atoms with Gasteiger partial charge in [0.15, 0.2) is 0 Å². The number of methoxy groups -OCH3 is 1. The molecule has 0 unspecified atom stereocenters. The summed E-state index contributed by atoms with van der Waals surface area (Å²) in [4.78, 5) is 16.7. The molecule has 0 amide bonds. The van der Waals surface area contributed by atoms with Crippen molar-refractivity contribution in [1.29, 1.82) is 5.26 Å². The number of nitriles is 1. The van der Waals surface area contributed by atoms with Crippen molar-refractivity contribution in [3.05, 3.63) is 113 Å². The molecule has 0 bridgehead atoms. The molecule has 5 rings (SSSR count). The van der Waals surface area contributed by atoms with Crippen molar-refractivity contribution in [2.45, 2.75) is 0 Å². The largest absolute Gasteiger partial charge is 0.465 e. The minimum atomic E-state index is -0.505. The van der Waals surface area contributed by atoms with Crippen LogP contribution >= 0.6 is 11.6 Å². The molecule has 0 aliphatic heterocycles. The summed E-state index contributed by atoms with van der Waals surface area (Å²) in [6.45, 7) is 0. The Kier molecular flexibility index (Phi) is 6.71. The van der Waals surface area contributed by atoms with Crippen LogP contribution in [0.5, 0.6) is 0 Å². The number of carbonyl (C=O) groups excluding carboxylic acids is 1. The van der Waals surface area contributed by atoms with Gasteiger partial charge in [-0.05, 0) is 35.9 Å². The summed E-state index contributed by atoms with van der Waals surface area (Å²) < 4.78 is 16.9. The summed E-state index contributed by atoms with van der Waals surface area (Å²) in [5, 5.41) is 10.5. The van der Waals surface area contributed by atoms with E-state index in [1.54, 1.807) is 30.3 Å². The van der Waals surface area contributed by atoms with Gasteiger partial charge in [-0.25, -0.2) is 9.79 Å². The van der Waals surface area contributed by atoms with Crippen molar-refractivity contribution in [3.8, 4) is 39.8 Å². The minimum absolute atomic E-state index is 0.163. The number of benzene rings is 3. The monoisotopic (exact) mass is 506 g/mol. The van der Waals surface area contributed by atoms with Crippen LogP contribution in [0.4, 0.5) is 5.88 Å². The van der Waals surface area contributed by atoms with Crippen LogP contribution in [-0.4, -0.2) is 19.3 Å². The van der Waals surface area contributed by atoms with Crippen molar-refractivity contribution in [2.24, 2.45) is 4.99 Å². The Morgan fingerprint density at radius 2 is 1.65 bits per heavy atom. The molecule has 3 aromatic carbocycles. The third-order valence-electron chi connectivity index (χ3n) is 5.69. The number of nitrogens with zero attached hydrogens (tertiary/aromatic N) is 2. The molecule has 0 aliphatic carbocycles. The first-order valence-electron chi connectivity index (χ1n) is 11.3. The smallest absolute Gasteiger partial charge is 0.338 e. The number of aliphatic imine (C=N–C) groups is 1. The third-order valence-corrected chi connectivity index (χ3v) is 5.92. The van der Waals surface area contributed by atoms with Gasteiger partial charge in [0.2, 0.25) is 5.88 Å². The molecule has 6 nitrogen and oxygen atoms in total. The van der Waals surface area contributed by atoms with Gasteiger partial charge in [0.1, 0.15) is 28.9 Å². The normalized spacial score (nSPS) is 10.9. The van der Waals surface area contributed by atoms with E-state index in [2.05, 4.69) is 11.1 Å². The molecule has 7 heteroatoms. The Bertz CT molecular complexity index is 1640. The number of ether oxygens (including phenoxy) is 1. The molecule has 2 heterocycles. The van der Waals surface area contributed by atoms with E-state index in [0.29, 0.717) is 44.6 Å². The topological polar surface area (TPSA) is 88.7 Å². The standard InChI is InChI=1S/C30H19ClN2O4/c1-35-30(34)23-14-12-21(31)16-24(23)26-15-13-22(36-26)18-33-29-25(17-32)27(19-8-4-2-5-9-19)28(37-29)20-10-6-3-7-11-20/h2-16,18H,1H3. The van der Waals surface area contributed by atoms with Crippen molar-refractivity contribution in [3.63, 3.8) is 0 Å². The fourth-order valence-corrected chi connectivity index (χ4v) is 4.16. The lowest BCUT2D eigenvalue weighted by molar-refractivity contribution is 0.0601. The Morgan fingerprint density at radius 3 is 2.32 bits per heavy atom. The first-order chi connectivity index (χ1) is 18.1. The molecule has 2 aromatic heterocycles. The Labute approximate surface area is 218 Å². The second-order valence-electron chi connectivity index (χ2n) is 7.97. The van der Waals surface area contributed by atoms with E-state index in [-0.39, 0.29) is 5.88 Å². The number of hydrogen-bond donors (Lipinski definition) is 0. The second-order valence-corrected chi connectivity index (χ2v) is 8.41. The van der Waals surface area contributed by atoms with Gasteiger partial charge >= 0.3 is 5.97 Å². The SMILES string of the molecule is COC(=O)c1ccc(Cl)cc1-c1ccc(C=Nc2oc(-c3ccccc3)c(-c3ccccc3)c2C#N)o1. The molecule has 0 spiro atoms. The van der Waals surface area contributed by atoms with Crippen molar-refractivity contribution in [1.82, 2.24) is 0 Å². The van der Waals surface area contributed by atoms with Crippen molar-refractivity contribution < 1.29 is 18.4 Å². The Morgan fingerprint density at radius 1 is 0.946 bits per heavy atom. The van der Waals surface area contributed by atoms with Gasteiger partial charge in [0.25, 0.3) is 0 Å². The molecule has 0 fully saturated rings. The van der Waals surface area contributed by atoms with Gasteiger partial charge in [0.05, 0.1) is 18.9 Å². The number of carbonyl (C=O) groups is 1. The highest BCUT2D eigenvalue weighted by Crippen LogP contribution is 2.42. The fourth-order valence-electron chi connectivity index (χ4n) is 3.98. The zero-order chi connectivity index (χ0) is 25.8. The molecule has 180 valence electrons. The summed E-state index contributed by atoms with van der Waals surface area (Å²) in [6.07, 6.45) is 1.47. The highest BCUT2D eigenvalue weighted by molar-refractivity contribution is 6.31. The van der Waals surface area contributed by atoms with Crippen LogP contribution in [0.1, 0.15) is 21.7 Å². The van der Waals surface area contributed by atoms with Crippen LogP contribution in [0.3, 0.4) is 0 Å². The summed E-state index contributed by atoms with van der Waals surface area (Å²) in [7, 11) is 1.31. The van der Waals surface area contributed by atoms with E-state index in [9.17, 15) is 10.1 Å². The van der Waals surface area contributed by atoms with E-state index < -0.39 is 5.97 Å². The van der Waals surface area contributed by atoms with E-state index >= 15 is 0 Å². The number of hydrogen-bond acceptors (Lipinski definition) is 6. The van der Waals surface area contributed by atoms with Crippen LogP contribution in [0.15, 0.2) is 105 Å². The number of furan rings is 2. The lowest BCUT2D eigenvalue weighted by Crippen LogP contribution is -2.03. The number of esters is 1. The van der Waals surface area contributed by atoms with E-state index in [4.69, 9.17) is 25.2 Å². The zero-order valence-electron chi connectivity index (χ0n) is 19.6. The number of rotatable bonds is 6. The molecule has 0 saturated carbocycles. The summed E-state index contributed by atoms with van der Waals surface area (Å²) in [6, 6.07) is 29.6.